The van der Waals surface area contributed by atoms with Crippen LogP contribution in [0.15, 0.2) is 91.1 Å². The fourth-order valence-corrected chi connectivity index (χ4v) is 5.87. The summed E-state index contributed by atoms with van der Waals surface area (Å²) in [7, 11) is 3.85. The first-order chi connectivity index (χ1) is 22.8. The van der Waals surface area contributed by atoms with Gasteiger partial charge < -0.3 is 25.8 Å². The maximum Gasteiger partial charge on any atom is 0.258 e. The van der Waals surface area contributed by atoms with E-state index in [1.54, 1.807) is 30.3 Å². The van der Waals surface area contributed by atoms with Crippen LogP contribution in [0.25, 0.3) is 11.3 Å². The maximum atomic E-state index is 14.1. The van der Waals surface area contributed by atoms with Crippen molar-refractivity contribution in [2.45, 2.75) is 6.04 Å². The van der Waals surface area contributed by atoms with Crippen LogP contribution < -0.4 is 20.9 Å². The van der Waals surface area contributed by atoms with Crippen LogP contribution >= 0.6 is 0 Å². The Morgan fingerprint density at radius 3 is 2.53 bits per heavy atom. The molecule has 2 aliphatic heterocycles. The number of amides is 3. The van der Waals surface area contributed by atoms with Gasteiger partial charge in [0.05, 0.1) is 35.2 Å². The molecule has 0 saturated carbocycles. The van der Waals surface area contributed by atoms with Crippen molar-refractivity contribution in [3.8, 4) is 0 Å². The van der Waals surface area contributed by atoms with Gasteiger partial charge in [0.25, 0.3) is 5.91 Å². The summed E-state index contributed by atoms with van der Waals surface area (Å²) in [5.41, 5.74) is 5.27. The van der Waals surface area contributed by atoms with Crippen molar-refractivity contribution in [3.05, 3.63) is 119 Å². The zero-order valence-corrected chi connectivity index (χ0v) is 26.2. The third kappa shape index (κ3) is 7.06. The summed E-state index contributed by atoms with van der Waals surface area (Å²) in [6.07, 6.45) is 2.29. The number of hydrogen-bond acceptors (Lipinski definition) is 7. The molecule has 10 nitrogen and oxygen atoms in total. The Balaban J connectivity index is 1.33. The highest BCUT2D eigenvalue weighted by atomic mass is 19.1. The zero-order chi connectivity index (χ0) is 32.9. The third-order valence-corrected chi connectivity index (χ3v) is 8.56. The van der Waals surface area contributed by atoms with Crippen LogP contribution in [-0.4, -0.2) is 79.8 Å². The lowest BCUT2D eigenvalue weighted by Gasteiger charge is -2.32. The van der Waals surface area contributed by atoms with E-state index in [0.29, 0.717) is 52.4 Å². The van der Waals surface area contributed by atoms with Gasteiger partial charge in [0.2, 0.25) is 12.3 Å². The monoisotopic (exact) mass is 633 g/mol. The van der Waals surface area contributed by atoms with Gasteiger partial charge in [0.1, 0.15) is 5.82 Å². The van der Waals surface area contributed by atoms with Crippen LogP contribution in [0.3, 0.4) is 0 Å². The van der Waals surface area contributed by atoms with Gasteiger partial charge in [-0.15, -0.1) is 0 Å². The number of rotatable bonds is 10. The van der Waals surface area contributed by atoms with E-state index in [-0.39, 0.29) is 11.8 Å². The molecule has 1 saturated heterocycles. The maximum absolute atomic E-state index is 14.1. The predicted octanol–water partition coefficient (Wildman–Crippen LogP) is 4.20. The Hall–Kier alpha value is -5.39. The zero-order valence-electron chi connectivity index (χ0n) is 26.2. The van der Waals surface area contributed by atoms with Crippen molar-refractivity contribution in [3.63, 3.8) is 0 Å². The minimum absolute atomic E-state index is 0.00717. The van der Waals surface area contributed by atoms with Gasteiger partial charge in [-0.1, -0.05) is 24.3 Å². The SMILES string of the molecule is CN1CCN(CC(=O)N(C)c2ccc(N/C(=C3\C(=O)Nc4cc(F)ccc43)c3cccc(C(NC=O)c4ccccn4)c3)cc2)CC1. The number of likely N-dealkylation sites (N-methyl/N-ethyl adjacent to an activating group) is 2. The minimum Gasteiger partial charge on any atom is -0.354 e. The van der Waals surface area contributed by atoms with Crippen LogP contribution in [0.2, 0.25) is 0 Å². The van der Waals surface area contributed by atoms with Crippen molar-refractivity contribution in [1.82, 2.24) is 20.1 Å². The molecule has 1 atom stereocenters. The first-order valence-corrected chi connectivity index (χ1v) is 15.4. The van der Waals surface area contributed by atoms with Crippen molar-refractivity contribution >= 4 is 46.6 Å². The molecule has 3 amide bonds. The molecule has 0 aliphatic carbocycles. The van der Waals surface area contributed by atoms with Gasteiger partial charge in [0, 0.05) is 56.4 Å². The van der Waals surface area contributed by atoms with Gasteiger partial charge in [0.15, 0.2) is 0 Å². The Labute approximate surface area is 272 Å². The van der Waals surface area contributed by atoms with Gasteiger partial charge >= 0.3 is 0 Å². The van der Waals surface area contributed by atoms with Crippen molar-refractivity contribution in [2.24, 2.45) is 0 Å². The largest absolute Gasteiger partial charge is 0.354 e. The third-order valence-electron chi connectivity index (χ3n) is 8.56. The molecule has 240 valence electrons. The predicted molar refractivity (Wildman–Crippen MR) is 181 cm³/mol. The number of nitrogens with zero attached hydrogens (tertiary/aromatic N) is 4. The van der Waals surface area contributed by atoms with Crippen LogP contribution in [0.5, 0.6) is 0 Å². The molecule has 1 unspecified atom stereocenters. The summed E-state index contributed by atoms with van der Waals surface area (Å²) in [6, 6.07) is 24.0. The number of nitrogens with one attached hydrogen (secondary N) is 3. The number of carbonyl (C=O) groups is 3. The first-order valence-electron chi connectivity index (χ1n) is 15.4. The van der Waals surface area contributed by atoms with E-state index < -0.39 is 11.9 Å². The lowest BCUT2D eigenvalue weighted by atomic mass is 9.96. The number of hydrogen-bond donors (Lipinski definition) is 3. The van der Waals surface area contributed by atoms with Crippen LogP contribution in [0, 0.1) is 5.82 Å². The van der Waals surface area contributed by atoms with Crippen molar-refractivity contribution in [2.75, 3.05) is 62.4 Å². The molecule has 4 aromatic rings. The summed E-state index contributed by atoms with van der Waals surface area (Å²) >= 11 is 0. The molecule has 3 N–H and O–H groups in total. The van der Waals surface area contributed by atoms with Gasteiger partial charge in [-0.05, 0) is 78.8 Å². The van der Waals surface area contributed by atoms with E-state index >= 15 is 0 Å². The summed E-state index contributed by atoms with van der Waals surface area (Å²) < 4.78 is 14.1. The van der Waals surface area contributed by atoms with E-state index in [0.717, 1.165) is 37.4 Å². The second-order valence-electron chi connectivity index (χ2n) is 11.7. The molecular weight excluding hydrogens is 597 g/mol. The van der Waals surface area contributed by atoms with Crippen LogP contribution in [0.4, 0.5) is 21.5 Å². The molecule has 0 spiro atoms. The molecule has 0 bridgehead atoms. The quantitative estimate of drug-likeness (QED) is 0.178. The molecule has 2 aliphatic rings. The number of piperazine rings is 1. The molecule has 3 aromatic carbocycles. The second kappa shape index (κ2) is 13.9. The number of fused-ring (bicyclic) bond motifs is 1. The molecular formula is C36H36FN7O3. The highest BCUT2D eigenvalue weighted by Gasteiger charge is 2.29. The van der Waals surface area contributed by atoms with Gasteiger partial charge in [-0.3, -0.25) is 24.3 Å². The van der Waals surface area contributed by atoms with Gasteiger partial charge in [-0.25, -0.2) is 4.39 Å². The number of pyridine rings is 1. The average Bonchev–Trinajstić information content (AvgIpc) is 3.41. The summed E-state index contributed by atoms with van der Waals surface area (Å²) in [4.78, 5) is 48.6. The second-order valence-corrected chi connectivity index (χ2v) is 11.7. The average molecular weight is 634 g/mol. The highest BCUT2D eigenvalue weighted by Crippen LogP contribution is 2.38. The van der Waals surface area contributed by atoms with E-state index in [1.807, 2.05) is 60.7 Å². The normalized spacial score (nSPS) is 16.5. The van der Waals surface area contributed by atoms with Crippen LogP contribution in [-0.2, 0) is 14.4 Å². The van der Waals surface area contributed by atoms with Crippen LogP contribution in [0.1, 0.15) is 28.4 Å². The minimum atomic E-state index is -0.531. The van der Waals surface area contributed by atoms with Crippen molar-refractivity contribution in [1.29, 1.82) is 0 Å². The Kier molecular flexibility index (Phi) is 9.37. The molecule has 3 heterocycles. The summed E-state index contributed by atoms with van der Waals surface area (Å²) in [5.74, 6) is -0.828. The fraction of sp³-hybridized carbons (Fsp3) is 0.222. The Bertz CT molecular complexity index is 1810. The Morgan fingerprint density at radius 2 is 1.81 bits per heavy atom. The lowest BCUT2D eigenvalue weighted by molar-refractivity contribution is -0.119. The summed E-state index contributed by atoms with van der Waals surface area (Å²) in [6.45, 7) is 3.94. The number of benzene rings is 3. The smallest absolute Gasteiger partial charge is 0.258 e. The van der Waals surface area contributed by atoms with E-state index in [4.69, 9.17) is 0 Å². The number of carbonyl (C=O) groups excluding carboxylic acids is 3. The standard InChI is InChI=1S/C36H36FN7O3/c1-42-16-18-44(19-17-42)22-32(46)43(2)28-12-10-27(11-13-28)40-35(33-29-14-9-26(37)21-31(29)41-36(33)47)25-7-5-6-24(20-25)34(39-23-45)30-8-3-4-15-38-30/h3-15,20-21,23,34,40H,16-19,22H2,1-2H3,(H,39,45)(H,41,47)/b35-33-. The first kappa shape index (κ1) is 31.6. The molecule has 6 rings (SSSR count). The number of anilines is 3. The fourth-order valence-electron chi connectivity index (χ4n) is 5.87. The lowest BCUT2D eigenvalue weighted by Crippen LogP contribution is -2.48. The molecule has 47 heavy (non-hydrogen) atoms. The topological polar surface area (TPSA) is 110 Å². The van der Waals surface area contributed by atoms with E-state index in [1.165, 1.54) is 12.1 Å². The molecule has 11 heteroatoms. The molecule has 1 fully saturated rings. The highest BCUT2D eigenvalue weighted by molar-refractivity contribution is 6.37. The van der Waals surface area contributed by atoms with E-state index in [2.05, 4.69) is 37.8 Å². The molecule has 1 aromatic heterocycles. The van der Waals surface area contributed by atoms with Crippen molar-refractivity contribution < 1.29 is 18.8 Å². The molecule has 0 radical (unpaired) electrons. The Morgan fingerprint density at radius 1 is 1.02 bits per heavy atom. The van der Waals surface area contributed by atoms with E-state index in [9.17, 15) is 18.8 Å². The number of aromatic nitrogens is 1. The van der Waals surface area contributed by atoms with Gasteiger partial charge in [-0.2, -0.15) is 0 Å². The summed E-state index contributed by atoms with van der Waals surface area (Å²) in [5, 5.41) is 9.06. The number of halogens is 1.